The first-order valence-corrected chi connectivity index (χ1v) is 13.7. The maximum Gasteiger partial charge on any atom is 0.495 e. The fourth-order valence-corrected chi connectivity index (χ4v) is 10.9. The molecule has 0 spiro atoms. The maximum absolute atomic E-state index is 12.5. The zero-order valence-corrected chi connectivity index (χ0v) is 18.9. The van der Waals surface area contributed by atoms with Gasteiger partial charge < -0.3 is 22.1 Å². The van der Waals surface area contributed by atoms with E-state index in [9.17, 15) is 4.79 Å². The molecule has 4 atom stereocenters. The van der Waals surface area contributed by atoms with Gasteiger partial charge in [-0.3, -0.25) is 4.79 Å². The molecule has 2 fully saturated rings. The van der Waals surface area contributed by atoms with Crippen LogP contribution in [0.1, 0.15) is 40.0 Å². The highest BCUT2D eigenvalue weighted by Gasteiger charge is 2.62. The van der Waals surface area contributed by atoms with Crippen LogP contribution < -0.4 is 0 Å². The SMILES string of the molecule is CO[Si](C)(C)O[Si](OC)(OC)C1CC2CC1CC2C(=O)OC(C)(C)C. The number of rotatable bonds is 7. The molecule has 0 aromatic rings. The first kappa shape index (κ1) is 21.0. The van der Waals surface area contributed by atoms with Crippen molar-refractivity contribution in [2.75, 3.05) is 21.3 Å². The molecule has 2 saturated carbocycles. The molecule has 0 N–H and O–H groups in total. The van der Waals surface area contributed by atoms with Crippen molar-refractivity contribution >= 4 is 23.3 Å². The molecule has 0 aromatic carbocycles. The third kappa shape index (κ3) is 4.54. The van der Waals surface area contributed by atoms with Crippen molar-refractivity contribution < 1.29 is 26.9 Å². The minimum Gasteiger partial charge on any atom is -0.460 e. The van der Waals surface area contributed by atoms with Crippen LogP contribution in [0.3, 0.4) is 0 Å². The van der Waals surface area contributed by atoms with Crippen LogP contribution in [0.15, 0.2) is 0 Å². The Balaban J connectivity index is 2.10. The Morgan fingerprint density at radius 3 is 1.92 bits per heavy atom. The van der Waals surface area contributed by atoms with Gasteiger partial charge in [0.2, 0.25) is 0 Å². The van der Waals surface area contributed by atoms with Crippen LogP contribution in [-0.2, 0) is 26.9 Å². The highest BCUT2D eigenvalue weighted by molar-refractivity contribution is 6.77. The molecule has 0 aliphatic heterocycles. The van der Waals surface area contributed by atoms with Gasteiger partial charge in [-0.1, -0.05) is 0 Å². The molecule has 2 rings (SSSR count). The van der Waals surface area contributed by atoms with E-state index >= 15 is 0 Å². The van der Waals surface area contributed by atoms with E-state index in [1.165, 1.54) is 0 Å². The standard InChI is InChI=1S/C17H34O6Si2/c1-17(2,3)22-16(18)14-10-13-9-12(14)11-15(13)25(20-5,21-6)23-24(7,8)19-4/h12-15H,9-11H2,1-8H3. The van der Waals surface area contributed by atoms with E-state index in [4.69, 9.17) is 22.1 Å². The van der Waals surface area contributed by atoms with Gasteiger partial charge in [0, 0.05) is 26.9 Å². The largest absolute Gasteiger partial charge is 0.495 e. The molecular weight excluding hydrogens is 356 g/mol. The number of carbonyl (C=O) groups excluding carboxylic acids is 1. The molecule has 146 valence electrons. The molecule has 0 heterocycles. The summed E-state index contributed by atoms with van der Waals surface area (Å²) in [5.74, 6) is 0.648. The Hall–Kier alpha value is -0.256. The maximum atomic E-state index is 12.5. The number of ether oxygens (including phenoxy) is 1. The van der Waals surface area contributed by atoms with Crippen LogP contribution in [0.4, 0.5) is 0 Å². The van der Waals surface area contributed by atoms with Gasteiger partial charge in [0.15, 0.2) is 0 Å². The molecule has 0 aromatic heterocycles. The second-order valence-corrected chi connectivity index (χ2v) is 15.5. The molecule has 2 aliphatic carbocycles. The van der Waals surface area contributed by atoms with Crippen molar-refractivity contribution in [2.24, 2.45) is 17.8 Å². The lowest BCUT2D eigenvalue weighted by atomic mass is 9.88. The summed E-state index contributed by atoms with van der Waals surface area (Å²) in [7, 11) is -0.123. The fraction of sp³-hybridized carbons (Fsp3) is 0.941. The van der Waals surface area contributed by atoms with Gasteiger partial charge in [0.05, 0.1) is 5.92 Å². The summed E-state index contributed by atoms with van der Waals surface area (Å²) in [6.45, 7) is 9.76. The minimum atomic E-state index is -2.85. The zero-order valence-electron chi connectivity index (χ0n) is 16.9. The number of esters is 1. The topological polar surface area (TPSA) is 63.2 Å². The molecule has 0 radical (unpaired) electrons. The lowest BCUT2D eigenvalue weighted by molar-refractivity contribution is -0.162. The third-order valence-corrected chi connectivity index (χ3v) is 12.3. The van der Waals surface area contributed by atoms with E-state index in [1.54, 1.807) is 21.3 Å². The zero-order chi connectivity index (χ0) is 19.0. The van der Waals surface area contributed by atoms with E-state index in [2.05, 4.69) is 0 Å². The quantitative estimate of drug-likeness (QED) is 0.491. The lowest BCUT2D eigenvalue weighted by Gasteiger charge is -2.41. The van der Waals surface area contributed by atoms with Crippen molar-refractivity contribution in [3.63, 3.8) is 0 Å². The van der Waals surface area contributed by atoms with Gasteiger partial charge in [-0.15, -0.1) is 0 Å². The molecule has 2 aliphatic rings. The lowest BCUT2D eigenvalue weighted by Crippen LogP contribution is -2.57. The first-order chi connectivity index (χ1) is 11.5. The summed E-state index contributed by atoms with van der Waals surface area (Å²) in [5.41, 5.74) is -0.208. The van der Waals surface area contributed by atoms with E-state index in [0.29, 0.717) is 11.8 Å². The van der Waals surface area contributed by atoms with E-state index in [1.807, 2.05) is 33.9 Å². The van der Waals surface area contributed by atoms with E-state index in [0.717, 1.165) is 19.3 Å². The second-order valence-electron chi connectivity index (χ2n) is 8.69. The molecule has 2 bridgehead atoms. The summed E-state index contributed by atoms with van der Waals surface area (Å²) in [5, 5.41) is 0. The summed E-state index contributed by atoms with van der Waals surface area (Å²) >= 11 is 0. The van der Waals surface area contributed by atoms with Gasteiger partial charge in [-0.2, -0.15) is 0 Å². The molecule has 25 heavy (non-hydrogen) atoms. The number of carbonyl (C=O) groups is 1. The van der Waals surface area contributed by atoms with Gasteiger partial charge >= 0.3 is 23.3 Å². The molecule has 0 amide bonds. The molecule has 6 nitrogen and oxygen atoms in total. The average molecular weight is 391 g/mol. The van der Waals surface area contributed by atoms with Crippen LogP contribution in [0.2, 0.25) is 18.6 Å². The normalized spacial score (nSPS) is 29.9. The highest BCUT2D eigenvalue weighted by Crippen LogP contribution is 2.59. The third-order valence-electron chi connectivity index (χ3n) is 5.47. The smallest absolute Gasteiger partial charge is 0.460 e. The van der Waals surface area contributed by atoms with Crippen LogP contribution in [-0.4, -0.2) is 50.3 Å². The van der Waals surface area contributed by atoms with Crippen LogP contribution in [0, 0.1) is 17.8 Å². The van der Waals surface area contributed by atoms with Crippen molar-refractivity contribution in [1.82, 2.24) is 0 Å². The van der Waals surface area contributed by atoms with E-state index in [-0.39, 0.29) is 17.4 Å². The summed E-state index contributed by atoms with van der Waals surface area (Å²) in [4.78, 5) is 12.5. The Labute approximate surface area is 154 Å². The fourth-order valence-electron chi connectivity index (χ4n) is 4.30. The van der Waals surface area contributed by atoms with Crippen LogP contribution in [0.25, 0.3) is 0 Å². The minimum absolute atomic E-state index is 0.00596. The summed E-state index contributed by atoms with van der Waals surface area (Å²) in [6, 6.07) is 0. The van der Waals surface area contributed by atoms with Crippen molar-refractivity contribution in [3.05, 3.63) is 0 Å². The Bertz CT molecular complexity index is 486. The van der Waals surface area contributed by atoms with Crippen molar-refractivity contribution in [1.29, 1.82) is 0 Å². The van der Waals surface area contributed by atoms with Gasteiger partial charge in [0.25, 0.3) is 0 Å². The molecular formula is C17H34O6Si2. The van der Waals surface area contributed by atoms with Crippen LogP contribution >= 0.6 is 0 Å². The van der Waals surface area contributed by atoms with Crippen molar-refractivity contribution in [2.45, 2.75) is 64.3 Å². The Morgan fingerprint density at radius 2 is 1.52 bits per heavy atom. The number of fused-ring (bicyclic) bond motifs is 2. The predicted octanol–water partition coefficient (Wildman–Crippen LogP) is 3.34. The average Bonchev–Trinajstić information content (AvgIpc) is 3.11. The summed E-state index contributed by atoms with van der Waals surface area (Å²) < 4.78 is 29.3. The van der Waals surface area contributed by atoms with Gasteiger partial charge in [0.1, 0.15) is 5.60 Å². The first-order valence-electron chi connectivity index (χ1n) is 9.05. The van der Waals surface area contributed by atoms with Crippen LogP contribution in [0.5, 0.6) is 0 Å². The number of hydrogen-bond donors (Lipinski definition) is 0. The van der Waals surface area contributed by atoms with E-state index < -0.39 is 23.0 Å². The summed E-state index contributed by atoms with van der Waals surface area (Å²) in [6.07, 6.45) is 2.76. The Morgan fingerprint density at radius 1 is 0.920 bits per heavy atom. The van der Waals surface area contributed by atoms with Crippen molar-refractivity contribution in [3.8, 4) is 0 Å². The highest BCUT2D eigenvalue weighted by atomic mass is 28.5. The number of hydrogen-bond acceptors (Lipinski definition) is 6. The monoisotopic (exact) mass is 390 g/mol. The predicted molar refractivity (Wildman–Crippen MR) is 99.3 cm³/mol. The molecule has 8 heteroatoms. The van der Waals surface area contributed by atoms with Gasteiger partial charge in [-0.05, 0) is 65.0 Å². The Kier molecular flexibility index (Phi) is 6.23. The molecule has 0 saturated heterocycles. The molecule has 4 unspecified atom stereocenters. The second kappa shape index (κ2) is 7.40. The van der Waals surface area contributed by atoms with Gasteiger partial charge in [-0.25, -0.2) is 0 Å².